The predicted molar refractivity (Wildman–Crippen MR) is 149 cm³/mol. The Morgan fingerprint density at radius 1 is 0.875 bits per heavy atom. The minimum atomic E-state index is -0.657. The molecule has 0 bridgehead atoms. The number of aromatic nitrogens is 1. The first kappa shape index (κ1) is 25.6. The monoisotopic (exact) mass is 541 g/mol. The molecule has 2 amide bonds. The number of carbonyl (C=O) groups is 2. The van der Waals surface area contributed by atoms with E-state index in [0.29, 0.717) is 30.2 Å². The first-order valence-corrected chi connectivity index (χ1v) is 13.1. The van der Waals surface area contributed by atoms with Crippen LogP contribution in [0.3, 0.4) is 0 Å². The van der Waals surface area contributed by atoms with Crippen LogP contribution < -0.4 is 18.9 Å². The summed E-state index contributed by atoms with van der Waals surface area (Å²) in [6.07, 6.45) is 0.421. The maximum Gasteiger partial charge on any atom is 0.246 e. The molecule has 9 heteroatoms. The van der Waals surface area contributed by atoms with Gasteiger partial charge in [-0.05, 0) is 47.0 Å². The Balaban J connectivity index is 1.46. The van der Waals surface area contributed by atoms with Crippen LogP contribution in [0.15, 0.2) is 60.7 Å². The van der Waals surface area contributed by atoms with Gasteiger partial charge in [0.05, 0.1) is 34.5 Å². The molecule has 1 N–H and O–H groups in total. The number of H-pyrrole nitrogens is 1. The maximum absolute atomic E-state index is 14.1. The highest BCUT2D eigenvalue weighted by molar-refractivity contribution is 5.97. The molecule has 2 atom stereocenters. The number of carbonyl (C=O) groups excluding carboxylic acids is 2. The van der Waals surface area contributed by atoms with Gasteiger partial charge in [0.1, 0.15) is 18.3 Å². The molecule has 1 fully saturated rings. The molecule has 0 unspecified atom stereocenters. The van der Waals surface area contributed by atoms with E-state index in [1.807, 2.05) is 54.6 Å². The Kier molecular flexibility index (Phi) is 6.50. The summed E-state index contributed by atoms with van der Waals surface area (Å²) in [4.78, 5) is 34.9. The number of piperazine rings is 1. The Labute approximate surface area is 232 Å². The van der Waals surface area contributed by atoms with Crippen LogP contribution in [0, 0.1) is 0 Å². The molecule has 3 heterocycles. The average Bonchev–Trinajstić information content (AvgIpc) is 3.36. The maximum atomic E-state index is 14.1. The van der Waals surface area contributed by atoms with Crippen molar-refractivity contribution in [2.75, 3.05) is 35.0 Å². The van der Waals surface area contributed by atoms with Crippen LogP contribution in [-0.4, -0.2) is 67.6 Å². The first-order chi connectivity index (χ1) is 19.5. The highest BCUT2D eigenvalue weighted by atomic mass is 16.5. The first-order valence-electron chi connectivity index (χ1n) is 13.1. The van der Waals surface area contributed by atoms with E-state index < -0.39 is 12.1 Å². The van der Waals surface area contributed by atoms with Crippen LogP contribution in [0.1, 0.15) is 28.4 Å². The number of aromatic amines is 1. The van der Waals surface area contributed by atoms with E-state index >= 15 is 0 Å². The molecule has 0 radical (unpaired) electrons. The summed E-state index contributed by atoms with van der Waals surface area (Å²) >= 11 is 0. The summed E-state index contributed by atoms with van der Waals surface area (Å²) in [6, 6.07) is 18.1. The third-order valence-corrected chi connectivity index (χ3v) is 7.88. The average molecular weight is 542 g/mol. The van der Waals surface area contributed by atoms with E-state index in [1.54, 1.807) is 38.2 Å². The standard InChI is InChI=1S/C31H31N3O6/c1-37-20-11-9-18(10-12-20)16-33-17-27(35)34-24(31(33)36)15-22-21-7-5-6-8-23(21)32-28(22)29(34)19-13-25(38-2)30(40-4)26(14-19)39-3/h5-14,24,29,32H,15-17H2,1-4H3/t24-,29+/m0/s1. The third-order valence-electron chi connectivity index (χ3n) is 7.88. The topological polar surface area (TPSA) is 93.3 Å². The summed E-state index contributed by atoms with van der Waals surface area (Å²) in [5, 5.41) is 1.04. The Morgan fingerprint density at radius 2 is 1.57 bits per heavy atom. The van der Waals surface area contributed by atoms with Crippen molar-refractivity contribution in [2.24, 2.45) is 0 Å². The summed E-state index contributed by atoms with van der Waals surface area (Å²) in [7, 11) is 6.29. The Hall–Kier alpha value is -4.66. The van der Waals surface area contributed by atoms with E-state index in [0.717, 1.165) is 39.0 Å². The second-order valence-electron chi connectivity index (χ2n) is 9.99. The fourth-order valence-electron chi connectivity index (χ4n) is 6.01. The van der Waals surface area contributed by atoms with Crippen LogP contribution in [0.2, 0.25) is 0 Å². The molecule has 40 heavy (non-hydrogen) atoms. The quantitative estimate of drug-likeness (QED) is 0.379. The number of nitrogens with one attached hydrogen (secondary N) is 1. The van der Waals surface area contributed by atoms with Gasteiger partial charge in [-0.3, -0.25) is 9.59 Å². The van der Waals surface area contributed by atoms with E-state index in [9.17, 15) is 9.59 Å². The van der Waals surface area contributed by atoms with Gasteiger partial charge in [-0.2, -0.15) is 0 Å². The zero-order chi connectivity index (χ0) is 28.0. The molecule has 9 nitrogen and oxygen atoms in total. The second kappa shape index (κ2) is 10.1. The highest BCUT2D eigenvalue weighted by Gasteiger charge is 2.48. The lowest BCUT2D eigenvalue weighted by atomic mass is 9.86. The van der Waals surface area contributed by atoms with Crippen LogP contribution in [0.4, 0.5) is 0 Å². The van der Waals surface area contributed by atoms with Crippen molar-refractivity contribution in [3.8, 4) is 23.0 Å². The molecule has 2 aliphatic heterocycles. The molecular formula is C31H31N3O6. The van der Waals surface area contributed by atoms with E-state index in [2.05, 4.69) is 11.1 Å². The Bertz CT molecular complexity index is 1570. The summed E-state index contributed by atoms with van der Waals surface area (Å²) in [5.74, 6) is 1.96. The zero-order valence-electron chi connectivity index (χ0n) is 22.9. The van der Waals surface area contributed by atoms with Gasteiger partial charge in [-0.25, -0.2) is 0 Å². The molecule has 1 saturated heterocycles. The van der Waals surface area contributed by atoms with Gasteiger partial charge in [-0.1, -0.05) is 30.3 Å². The summed E-state index contributed by atoms with van der Waals surface area (Å²) in [5.41, 5.74) is 4.57. The number of ether oxygens (including phenoxy) is 4. The van der Waals surface area contributed by atoms with Gasteiger partial charge in [0.2, 0.25) is 17.6 Å². The van der Waals surface area contributed by atoms with Crippen molar-refractivity contribution in [3.05, 3.63) is 83.0 Å². The van der Waals surface area contributed by atoms with Crippen LogP contribution in [-0.2, 0) is 22.6 Å². The number of fused-ring (bicyclic) bond motifs is 4. The number of benzene rings is 3. The molecule has 206 valence electrons. The van der Waals surface area contributed by atoms with Crippen LogP contribution in [0.25, 0.3) is 10.9 Å². The fourth-order valence-corrected chi connectivity index (χ4v) is 6.01. The van der Waals surface area contributed by atoms with Gasteiger partial charge in [0.15, 0.2) is 11.5 Å². The highest BCUT2D eigenvalue weighted by Crippen LogP contribution is 2.47. The fraction of sp³-hybridized carbons (Fsp3) is 0.290. The number of hydrogen-bond donors (Lipinski definition) is 1. The molecule has 3 aromatic carbocycles. The molecule has 0 aliphatic carbocycles. The lowest BCUT2D eigenvalue weighted by Crippen LogP contribution is -2.62. The van der Waals surface area contributed by atoms with Gasteiger partial charge in [0.25, 0.3) is 0 Å². The molecule has 4 aromatic rings. The molecule has 1 aromatic heterocycles. The number of para-hydroxylation sites is 1. The normalized spacial score (nSPS) is 18.4. The minimum Gasteiger partial charge on any atom is -0.497 e. The summed E-state index contributed by atoms with van der Waals surface area (Å²) < 4.78 is 22.1. The molecule has 0 saturated carbocycles. The zero-order valence-corrected chi connectivity index (χ0v) is 22.9. The molecular weight excluding hydrogens is 510 g/mol. The molecule has 0 spiro atoms. The lowest BCUT2D eigenvalue weighted by Gasteiger charge is -2.47. The van der Waals surface area contributed by atoms with Gasteiger partial charge in [-0.15, -0.1) is 0 Å². The SMILES string of the molecule is COc1ccc(CN2CC(=O)N3[C@H](c4cc(OC)c(OC)c(OC)c4)c4[nH]c5ccccc5c4C[C@H]3C2=O)cc1. The van der Waals surface area contributed by atoms with E-state index in [1.165, 1.54) is 0 Å². The van der Waals surface area contributed by atoms with Gasteiger partial charge < -0.3 is 33.7 Å². The smallest absolute Gasteiger partial charge is 0.246 e. The predicted octanol–water partition coefficient (Wildman–Crippen LogP) is 4.09. The molecule has 6 rings (SSSR count). The third kappa shape index (κ3) is 4.09. The number of nitrogens with zero attached hydrogens (tertiary/aromatic N) is 2. The lowest BCUT2D eigenvalue weighted by molar-refractivity contribution is -0.159. The van der Waals surface area contributed by atoms with Gasteiger partial charge in [0, 0.05) is 29.6 Å². The number of hydrogen-bond acceptors (Lipinski definition) is 6. The Morgan fingerprint density at radius 3 is 2.23 bits per heavy atom. The van der Waals surface area contributed by atoms with E-state index in [4.69, 9.17) is 18.9 Å². The van der Waals surface area contributed by atoms with Crippen molar-refractivity contribution in [3.63, 3.8) is 0 Å². The van der Waals surface area contributed by atoms with Crippen LogP contribution >= 0.6 is 0 Å². The largest absolute Gasteiger partial charge is 0.497 e. The molecule has 2 aliphatic rings. The number of methoxy groups -OCH3 is 4. The van der Waals surface area contributed by atoms with Crippen molar-refractivity contribution in [1.82, 2.24) is 14.8 Å². The second-order valence-corrected chi connectivity index (χ2v) is 9.99. The van der Waals surface area contributed by atoms with Crippen LogP contribution in [0.5, 0.6) is 23.0 Å². The van der Waals surface area contributed by atoms with Gasteiger partial charge >= 0.3 is 0 Å². The van der Waals surface area contributed by atoms with Crippen molar-refractivity contribution >= 4 is 22.7 Å². The van der Waals surface area contributed by atoms with Crippen molar-refractivity contribution in [1.29, 1.82) is 0 Å². The van der Waals surface area contributed by atoms with E-state index in [-0.39, 0.29) is 18.4 Å². The van der Waals surface area contributed by atoms with Crippen molar-refractivity contribution < 1.29 is 28.5 Å². The number of amides is 2. The minimum absolute atomic E-state index is 0.0160. The van der Waals surface area contributed by atoms with Crippen molar-refractivity contribution in [2.45, 2.75) is 25.0 Å². The number of rotatable bonds is 7. The summed E-state index contributed by atoms with van der Waals surface area (Å²) in [6.45, 7) is 0.326.